The first-order chi connectivity index (χ1) is 22.2. The minimum absolute atomic E-state index is 0.0189. The third-order valence-electron chi connectivity index (χ3n) is 7.17. The number of ether oxygens (including phenoxy) is 1. The summed E-state index contributed by atoms with van der Waals surface area (Å²) < 4.78 is 7.98. The molecule has 234 valence electrons. The zero-order valence-corrected chi connectivity index (χ0v) is 26.8. The van der Waals surface area contributed by atoms with Gasteiger partial charge in [-0.3, -0.25) is 14.4 Å². The van der Waals surface area contributed by atoms with Crippen molar-refractivity contribution in [3.05, 3.63) is 118 Å². The number of fused-ring (bicyclic) bond motifs is 1. The van der Waals surface area contributed by atoms with Crippen molar-refractivity contribution in [3.8, 4) is 11.4 Å². The van der Waals surface area contributed by atoms with Crippen molar-refractivity contribution in [1.82, 2.24) is 25.4 Å². The number of likely N-dealkylation sites (N-methyl/N-ethyl adjacent to an activating group) is 1. The van der Waals surface area contributed by atoms with Crippen molar-refractivity contribution in [2.45, 2.75) is 13.5 Å². The average Bonchev–Trinajstić information content (AvgIpc) is 3.60. The van der Waals surface area contributed by atoms with Crippen LogP contribution in [0.3, 0.4) is 0 Å². The van der Waals surface area contributed by atoms with Crippen molar-refractivity contribution in [2.75, 3.05) is 25.5 Å². The molecule has 5 rings (SSSR count). The number of halogens is 2. The summed E-state index contributed by atoms with van der Waals surface area (Å²) in [7, 11) is 3.12. The lowest BCUT2D eigenvalue weighted by Gasteiger charge is -2.21. The molecule has 0 aliphatic rings. The molecular weight excluding hydrogens is 627 g/mol. The van der Waals surface area contributed by atoms with E-state index in [2.05, 4.69) is 15.7 Å². The van der Waals surface area contributed by atoms with Gasteiger partial charge in [-0.1, -0.05) is 47.5 Å². The van der Waals surface area contributed by atoms with Crippen molar-refractivity contribution >= 4 is 63.6 Å². The normalized spacial score (nSPS) is 11.1. The van der Waals surface area contributed by atoms with Gasteiger partial charge in [0.1, 0.15) is 17.9 Å². The summed E-state index contributed by atoms with van der Waals surface area (Å²) in [4.78, 5) is 43.1. The van der Waals surface area contributed by atoms with Gasteiger partial charge in [0, 0.05) is 59.8 Å². The van der Waals surface area contributed by atoms with Crippen molar-refractivity contribution in [2.24, 2.45) is 0 Å². The monoisotopic (exact) mass is 656 g/mol. The van der Waals surface area contributed by atoms with Gasteiger partial charge in [-0.15, -0.1) is 0 Å². The predicted octanol–water partition coefficient (Wildman–Crippen LogP) is 5.77. The summed E-state index contributed by atoms with van der Waals surface area (Å²) in [6.45, 7) is 1.66. The Labute approximate surface area is 275 Å². The lowest BCUT2D eigenvalue weighted by molar-refractivity contribution is -0.122. The molecule has 46 heavy (non-hydrogen) atoms. The summed E-state index contributed by atoms with van der Waals surface area (Å²) >= 11 is 13.3. The number of benzene rings is 3. The Kier molecular flexibility index (Phi) is 10.00. The van der Waals surface area contributed by atoms with Crippen LogP contribution in [0.5, 0.6) is 5.75 Å². The van der Waals surface area contributed by atoms with Crippen LogP contribution in [0, 0.1) is 6.92 Å². The minimum atomic E-state index is -0.455. The smallest absolute Gasteiger partial charge is 0.251 e. The number of rotatable bonds is 10. The van der Waals surface area contributed by atoms with Crippen LogP contribution in [-0.2, 0) is 16.2 Å². The number of carbonyl (C=O) groups excluding carboxylic acids is 3. The first kappa shape index (κ1) is 32.2. The first-order valence-corrected chi connectivity index (χ1v) is 15.0. The standard InChI is InChI=1S/C34H30Cl2N6O4/c1-21-18-28(42-17-5-16-39-42)24-6-4-7-29(33(24)40-21)46-20-25-26(35)13-14-27(32(25)36)41(3)31(44)19-38-30(43)15-10-22-8-11-23(12-9-22)34(45)37-2/h4-18H,19-20H2,1-3H3,(H,37,45)(H,38,43). The van der Waals surface area contributed by atoms with E-state index in [-0.39, 0.29) is 24.1 Å². The minimum Gasteiger partial charge on any atom is -0.487 e. The van der Waals surface area contributed by atoms with Gasteiger partial charge in [0.05, 0.1) is 22.9 Å². The maximum atomic E-state index is 13.0. The summed E-state index contributed by atoms with van der Waals surface area (Å²) in [6, 6.07) is 19.5. The maximum absolute atomic E-state index is 13.0. The molecule has 0 aliphatic heterocycles. The summed E-state index contributed by atoms with van der Waals surface area (Å²) in [6.07, 6.45) is 6.48. The molecule has 5 aromatic rings. The number of anilines is 1. The summed E-state index contributed by atoms with van der Waals surface area (Å²) in [5, 5.41) is 11.0. The Morgan fingerprint density at radius 1 is 1.04 bits per heavy atom. The second-order valence-electron chi connectivity index (χ2n) is 10.2. The fourth-order valence-corrected chi connectivity index (χ4v) is 5.32. The molecule has 0 radical (unpaired) electrons. The van der Waals surface area contributed by atoms with E-state index in [4.69, 9.17) is 32.9 Å². The molecule has 0 spiro atoms. The number of nitrogens with one attached hydrogen (secondary N) is 2. The van der Waals surface area contributed by atoms with Gasteiger partial charge >= 0.3 is 0 Å². The molecule has 0 fully saturated rings. The summed E-state index contributed by atoms with van der Waals surface area (Å²) in [5.74, 6) is -0.514. The Bertz CT molecular complexity index is 1940. The van der Waals surface area contributed by atoms with Crippen LogP contribution in [0.15, 0.2) is 85.2 Å². The quantitative estimate of drug-likeness (QED) is 0.184. The molecule has 2 N–H and O–H groups in total. The average molecular weight is 658 g/mol. The van der Waals surface area contributed by atoms with E-state index in [1.807, 2.05) is 43.5 Å². The van der Waals surface area contributed by atoms with Crippen molar-refractivity contribution in [3.63, 3.8) is 0 Å². The fraction of sp³-hybridized carbons (Fsp3) is 0.147. The number of aryl methyl sites for hydroxylation is 1. The number of hydrogen-bond acceptors (Lipinski definition) is 6. The number of carbonyl (C=O) groups is 3. The van der Waals surface area contributed by atoms with E-state index in [1.54, 1.807) is 67.4 Å². The van der Waals surface area contributed by atoms with Crippen molar-refractivity contribution < 1.29 is 19.1 Å². The highest BCUT2D eigenvalue weighted by molar-refractivity contribution is 6.38. The van der Waals surface area contributed by atoms with Gasteiger partial charge in [-0.05, 0) is 61.0 Å². The molecule has 3 aromatic carbocycles. The largest absolute Gasteiger partial charge is 0.487 e. The molecule has 0 saturated heterocycles. The molecule has 2 aromatic heterocycles. The highest BCUT2D eigenvalue weighted by Crippen LogP contribution is 2.36. The molecule has 2 heterocycles. The SMILES string of the molecule is CNC(=O)c1ccc(C=CC(=O)NCC(=O)N(C)c2ccc(Cl)c(COc3cccc4c(-n5cccn5)cc(C)nc34)c2Cl)cc1. The maximum Gasteiger partial charge on any atom is 0.251 e. The molecule has 0 saturated carbocycles. The Morgan fingerprint density at radius 2 is 1.83 bits per heavy atom. The molecule has 10 nitrogen and oxygen atoms in total. The first-order valence-electron chi connectivity index (χ1n) is 14.2. The van der Waals surface area contributed by atoms with Gasteiger partial charge in [-0.2, -0.15) is 5.10 Å². The zero-order chi connectivity index (χ0) is 32.8. The molecule has 0 unspecified atom stereocenters. The Balaban J connectivity index is 1.25. The number of hydrogen-bond donors (Lipinski definition) is 2. The van der Waals surface area contributed by atoms with Gasteiger partial charge in [0.2, 0.25) is 11.8 Å². The van der Waals surface area contributed by atoms with Gasteiger partial charge in [-0.25, -0.2) is 9.67 Å². The van der Waals surface area contributed by atoms with Crippen LogP contribution in [0.4, 0.5) is 5.69 Å². The number of nitrogens with zero attached hydrogens (tertiary/aromatic N) is 4. The van der Waals surface area contributed by atoms with Crippen LogP contribution in [0.25, 0.3) is 22.7 Å². The van der Waals surface area contributed by atoms with Gasteiger partial charge in [0.25, 0.3) is 5.91 Å². The van der Waals surface area contributed by atoms with E-state index >= 15 is 0 Å². The van der Waals surface area contributed by atoms with Crippen molar-refractivity contribution in [1.29, 1.82) is 0 Å². The van der Waals surface area contributed by atoms with E-state index in [0.717, 1.165) is 22.3 Å². The lowest BCUT2D eigenvalue weighted by Crippen LogP contribution is -2.37. The second-order valence-corrected chi connectivity index (χ2v) is 11.0. The Hall–Kier alpha value is -5.19. The molecule has 3 amide bonds. The van der Waals surface area contributed by atoms with E-state index in [9.17, 15) is 14.4 Å². The third-order valence-corrected chi connectivity index (χ3v) is 7.95. The number of amides is 3. The molecular formula is C34H30Cl2N6O4. The number of pyridine rings is 1. The number of para-hydroxylation sites is 1. The van der Waals surface area contributed by atoms with Gasteiger partial charge < -0.3 is 20.3 Å². The van der Waals surface area contributed by atoms with E-state index in [0.29, 0.717) is 33.1 Å². The van der Waals surface area contributed by atoms with Gasteiger partial charge in [0.15, 0.2) is 0 Å². The predicted molar refractivity (Wildman–Crippen MR) is 180 cm³/mol. The second kappa shape index (κ2) is 14.3. The Morgan fingerprint density at radius 3 is 2.54 bits per heavy atom. The lowest BCUT2D eigenvalue weighted by atomic mass is 10.1. The molecule has 0 aliphatic carbocycles. The van der Waals surface area contributed by atoms with E-state index in [1.165, 1.54) is 11.0 Å². The van der Waals surface area contributed by atoms with Crippen LogP contribution in [0.2, 0.25) is 10.0 Å². The van der Waals surface area contributed by atoms with E-state index < -0.39 is 11.8 Å². The number of aromatic nitrogens is 3. The highest BCUT2D eigenvalue weighted by Gasteiger charge is 2.20. The third kappa shape index (κ3) is 7.20. The zero-order valence-electron chi connectivity index (χ0n) is 25.3. The van der Waals surface area contributed by atoms with Crippen LogP contribution >= 0.6 is 23.2 Å². The molecule has 0 bridgehead atoms. The van der Waals surface area contributed by atoms with Crippen LogP contribution in [0.1, 0.15) is 27.2 Å². The highest BCUT2D eigenvalue weighted by atomic mass is 35.5. The molecule has 0 atom stereocenters. The van der Waals surface area contributed by atoms with Crippen LogP contribution < -0.4 is 20.3 Å². The van der Waals surface area contributed by atoms with Crippen LogP contribution in [-0.4, -0.2) is 53.1 Å². The molecule has 12 heteroatoms. The topological polar surface area (TPSA) is 118 Å². The fourth-order valence-electron chi connectivity index (χ4n) is 4.71. The summed E-state index contributed by atoms with van der Waals surface area (Å²) in [5.41, 5.74) is 4.46.